The van der Waals surface area contributed by atoms with Gasteiger partial charge in [0.15, 0.2) is 6.10 Å². The normalized spacial score (nSPS) is 17.7. The lowest BCUT2D eigenvalue weighted by Gasteiger charge is -2.27. The summed E-state index contributed by atoms with van der Waals surface area (Å²) in [5.74, 6) is 0.680. The topological polar surface area (TPSA) is 38.3 Å². The predicted molar refractivity (Wildman–Crippen MR) is 96.3 cm³/mol. The number of hydrogen-bond donors (Lipinski definition) is 1. The van der Waals surface area contributed by atoms with Gasteiger partial charge in [0, 0.05) is 0 Å². The van der Waals surface area contributed by atoms with Gasteiger partial charge in [0.1, 0.15) is 5.75 Å². The summed E-state index contributed by atoms with van der Waals surface area (Å²) in [6, 6.07) is 14.4. The van der Waals surface area contributed by atoms with Crippen molar-refractivity contribution in [2.24, 2.45) is 0 Å². The summed E-state index contributed by atoms with van der Waals surface area (Å²) in [6.45, 7) is 5.92. The Morgan fingerprint density at radius 1 is 1.17 bits per heavy atom. The molecule has 0 saturated heterocycles. The highest BCUT2D eigenvalue weighted by Gasteiger charge is 2.24. The zero-order chi connectivity index (χ0) is 17.1. The largest absolute Gasteiger partial charge is 0.481 e. The van der Waals surface area contributed by atoms with Gasteiger partial charge in [-0.05, 0) is 74.4 Å². The molecule has 2 aromatic carbocycles. The van der Waals surface area contributed by atoms with E-state index in [-0.39, 0.29) is 11.9 Å². The molecular weight excluding hydrogens is 298 g/mol. The van der Waals surface area contributed by atoms with Crippen molar-refractivity contribution in [3.63, 3.8) is 0 Å². The Bertz CT molecular complexity index is 738. The molecule has 2 aromatic rings. The van der Waals surface area contributed by atoms with Crippen molar-refractivity contribution in [3.8, 4) is 5.75 Å². The molecule has 1 aliphatic rings. The zero-order valence-electron chi connectivity index (χ0n) is 14.6. The molecule has 0 bridgehead atoms. The van der Waals surface area contributed by atoms with E-state index in [0.29, 0.717) is 0 Å². The first-order valence-electron chi connectivity index (χ1n) is 8.66. The smallest absolute Gasteiger partial charge is 0.261 e. The van der Waals surface area contributed by atoms with Crippen molar-refractivity contribution in [3.05, 3.63) is 64.7 Å². The van der Waals surface area contributed by atoms with Crippen molar-refractivity contribution in [1.29, 1.82) is 0 Å². The average molecular weight is 323 g/mol. The highest BCUT2D eigenvalue weighted by Crippen LogP contribution is 2.29. The van der Waals surface area contributed by atoms with Crippen LogP contribution in [0.3, 0.4) is 0 Å². The Balaban J connectivity index is 1.65. The van der Waals surface area contributed by atoms with Gasteiger partial charge < -0.3 is 10.1 Å². The maximum Gasteiger partial charge on any atom is 0.261 e. The van der Waals surface area contributed by atoms with Gasteiger partial charge in [-0.1, -0.05) is 30.3 Å². The molecule has 24 heavy (non-hydrogen) atoms. The maximum atomic E-state index is 12.5. The third-order valence-electron chi connectivity index (χ3n) is 4.85. The Kier molecular flexibility index (Phi) is 4.89. The van der Waals surface area contributed by atoms with Crippen LogP contribution in [0.2, 0.25) is 0 Å². The number of ether oxygens (including phenoxy) is 1. The van der Waals surface area contributed by atoms with Crippen LogP contribution in [0.5, 0.6) is 5.75 Å². The zero-order valence-corrected chi connectivity index (χ0v) is 14.6. The molecule has 0 saturated carbocycles. The minimum absolute atomic E-state index is 0.0602. The molecule has 3 nitrogen and oxygen atoms in total. The van der Waals surface area contributed by atoms with Gasteiger partial charge in [-0.25, -0.2) is 0 Å². The summed E-state index contributed by atoms with van der Waals surface area (Å²) in [5, 5.41) is 3.16. The van der Waals surface area contributed by atoms with Gasteiger partial charge in [-0.2, -0.15) is 0 Å². The van der Waals surface area contributed by atoms with Crippen LogP contribution in [0.1, 0.15) is 48.1 Å². The second-order valence-electron chi connectivity index (χ2n) is 6.66. The molecule has 1 amide bonds. The van der Waals surface area contributed by atoms with E-state index < -0.39 is 6.10 Å². The van der Waals surface area contributed by atoms with Gasteiger partial charge in [0.25, 0.3) is 5.91 Å². The summed E-state index contributed by atoms with van der Waals surface area (Å²) in [4.78, 5) is 12.5. The molecule has 0 unspecified atom stereocenters. The number of nitrogens with one attached hydrogen (secondary N) is 1. The SMILES string of the molecule is Cc1ccc(O[C@H](C)C(=O)N[C@@H]2CCCc3ccccc32)cc1C. The Morgan fingerprint density at radius 2 is 1.96 bits per heavy atom. The fourth-order valence-electron chi connectivity index (χ4n) is 3.24. The molecule has 2 atom stereocenters. The molecular formula is C21H25NO2. The van der Waals surface area contributed by atoms with Crippen LogP contribution in [0.25, 0.3) is 0 Å². The van der Waals surface area contributed by atoms with Crippen LogP contribution in [0.15, 0.2) is 42.5 Å². The van der Waals surface area contributed by atoms with Crippen LogP contribution >= 0.6 is 0 Å². The fourth-order valence-corrected chi connectivity index (χ4v) is 3.24. The number of benzene rings is 2. The second-order valence-corrected chi connectivity index (χ2v) is 6.66. The van der Waals surface area contributed by atoms with Gasteiger partial charge in [0.05, 0.1) is 6.04 Å². The van der Waals surface area contributed by atoms with Crippen molar-refractivity contribution in [2.45, 2.75) is 52.2 Å². The molecule has 0 heterocycles. The van der Waals surface area contributed by atoms with Crippen molar-refractivity contribution in [1.82, 2.24) is 5.32 Å². The standard InChI is InChI=1S/C21H25NO2/c1-14-11-12-18(13-15(14)2)24-16(3)21(23)22-20-10-6-8-17-7-4-5-9-19(17)20/h4-5,7,9,11-13,16,20H,6,8,10H2,1-3H3,(H,22,23)/t16-,20-/m1/s1. The summed E-state index contributed by atoms with van der Waals surface area (Å²) in [6.07, 6.45) is 2.67. The van der Waals surface area contributed by atoms with Gasteiger partial charge >= 0.3 is 0 Å². The molecule has 3 heteroatoms. The molecule has 0 aliphatic heterocycles. The summed E-state index contributed by atoms with van der Waals surface area (Å²) >= 11 is 0. The van der Waals surface area contributed by atoms with Gasteiger partial charge in [-0.3, -0.25) is 4.79 Å². The lowest BCUT2D eigenvalue weighted by molar-refractivity contribution is -0.128. The predicted octanol–water partition coefficient (Wildman–Crippen LogP) is 4.26. The molecule has 0 fully saturated rings. The first-order valence-corrected chi connectivity index (χ1v) is 8.66. The first kappa shape index (κ1) is 16.6. The Hall–Kier alpha value is -2.29. The summed E-state index contributed by atoms with van der Waals surface area (Å²) < 4.78 is 5.83. The highest BCUT2D eigenvalue weighted by molar-refractivity contribution is 5.81. The van der Waals surface area contributed by atoms with Crippen LogP contribution in [0, 0.1) is 13.8 Å². The molecule has 1 N–H and O–H groups in total. The molecule has 126 valence electrons. The second kappa shape index (κ2) is 7.08. The van der Waals surface area contributed by atoms with E-state index >= 15 is 0 Å². The van der Waals surface area contributed by atoms with Crippen LogP contribution in [-0.4, -0.2) is 12.0 Å². The first-order chi connectivity index (χ1) is 11.5. The van der Waals surface area contributed by atoms with Crippen LogP contribution < -0.4 is 10.1 Å². The molecule has 3 rings (SSSR count). The van der Waals surface area contributed by atoms with Gasteiger partial charge in [0.2, 0.25) is 0 Å². The van der Waals surface area contributed by atoms with E-state index in [1.165, 1.54) is 22.3 Å². The van der Waals surface area contributed by atoms with E-state index in [2.05, 4.69) is 30.4 Å². The minimum atomic E-state index is -0.513. The number of aryl methyl sites for hydroxylation is 3. The highest BCUT2D eigenvalue weighted by atomic mass is 16.5. The van der Waals surface area contributed by atoms with Crippen LogP contribution in [-0.2, 0) is 11.2 Å². The molecule has 0 radical (unpaired) electrons. The lowest BCUT2D eigenvalue weighted by atomic mass is 9.87. The summed E-state index contributed by atoms with van der Waals surface area (Å²) in [5.41, 5.74) is 4.98. The van der Waals surface area contributed by atoms with Crippen molar-refractivity contribution in [2.75, 3.05) is 0 Å². The summed E-state index contributed by atoms with van der Waals surface area (Å²) in [7, 11) is 0. The number of rotatable bonds is 4. The third-order valence-corrected chi connectivity index (χ3v) is 4.85. The van der Waals surface area contributed by atoms with E-state index in [1.54, 1.807) is 6.92 Å². The van der Waals surface area contributed by atoms with E-state index in [9.17, 15) is 4.79 Å². The van der Waals surface area contributed by atoms with E-state index in [1.807, 2.05) is 31.2 Å². The molecule has 0 spiro atoms. The molecule has 1 aliphatic carbocycles. The average Bonchev–Trinajstić information content (AvgIpc) is 2.58. The number of carbonyl (C=O) groups excluding carboxylic acids is 1. The Labute approximate surface area is 144 Å². The fraction of sp³-hybridized carbons (Fsp3) is 0.381. The number of fused-ring (bicyclic) bond motifs is 1. The van der Waals surface area contributed by atoms with Gasteiger partial charge in [-0.15, -0.1) is 0 Å². The number of hydrogen-bond acceptors (Lipinski definition) is 2. The quantitative estimate of drug-likeness (QED) is 0.913. The molecule has 0 aromatic heterocycles. The van der Waals surface area contributed by atoms with Crippen LogP contribution in [0.4, 0.5) is 0 Å². The van der Waals surface area contributed by atoms with E-state index in [4.69, 9.17) is 4.74 Å². The minimum Gasteiger partial charge on any atom is -0.481 e. The lowest BCUT2D eigenvalue weighted by Crippen LogP contribution is -2.39. The van der Waals surface area contributed by atoms with Crippen molar-refractivity contribution < 1.29 is 9.53 Å². The number of carbonyl (C=O) groups is 1. The van der Waals surface area contributed by atoms with Crippen molar-refractivity contribution >= 4 is 5.91 Å². The third kappa shape index (κ3) is 3.61. The van der Waals surface area contributed by atoms with E-state index in [0.717, 1.165) is 25.0 Å². The monoisotopic (exact) mass is 323 g/mol. The number of amides is 1. The maximum absolute atomic E-state index is 12.5. The Morgan fingerprint density at radius 3 is 2.75 bits per heavy atom.